The van der Waals surface area contributed by atoms with Gasteiger partial charge in [0.05, 0.1) is 11.6 Å². The van der Waals surface area contributed by atoms with E-state index in [1.54, 1.807) is 7.05 Å². The molecule has 1 unspecified atom stereocenters. The van der Waals surface area contributed by atoms with Gasteiger partial charge in [0.25, 0.3) is 5.91 Å². The summed E-state index contributed by atoms with van der Waals surface area (Å²) in [6, 6.07) is 26.9. The van der Waals surface area contributed by atoms with Gasteiger partial charge in [-0.25, -0.2) is 4.99 Å². The number of rotatable bonds is 3. The molecule has 2 spiro atoms. The number of hydrogen-bond donors (Lipinski definition) is 1. The zero-order valence-corrected chi connectivity index (χ0v) is 20.6. The highest BCUT2D eigenvalue weighted by atomic mass is 16.2. The fraction of sp³-hybridized carbons (Fsp3) is 0.323. The fourth-order valence-corrected chi connectivity index (χ4v) is 6.88. The first-order valence-corrected chi connectivity index (χ1v) is 12.8. The van der Waals surface area contributed by atoms with Crippen molar-refractivity contribution in [1.29, 1.82) is 5.26 Å². The van der Waals surface area contributed by atoms with Gasteiger partial charge >= 0.3 is 0 Å². The van der Waals surface area contributed by atoms with Crippen LogP contribution in [0.25, 0.3) is 11.1 Å². The average molecular weight is 475 g/mol. The Labute approximate surface area is 212 Å². The molecular formula is C31H30N4O. The first-order chi connectivity index (χ1) is 17.5. The van der Waals surface area contributed by atoms with E-state index in [1.165, 1.54) is 16.0 Å². The second kappa shape index (κ2) is 8.34. The largest absolute Gasteiger partial charge is 0.369 e. The summed E-state index contributed by atoms with van der Waals surface area (Å²) in [5, 5.41) is 9.37. The van der Waals surface area contributed by atoms with Gasteiger partial charge in [0.2, 0.25) is 0 Å². The second-order valence-corrected chi connectivity index (χ2v) is 10.7. The monoisotopic (exact) mass is 474 g/mol. The van der Waals surface area contributed by atoms with E-state index in [0.717, 1.165) is 55.2 Å². The molecular weight excluding hydrogens is 444 g/mol. The number of likely N-dealkylation sites (N-methyl/N-ethyl adjacent to an activating group) is 1. The first kappa shape index (κ1) is 22.5. The van der Waals surface area contributed by atoms with Gasteiger partial charge in [-0.3, -0.25) is 9.69 Å². The molecule has 180 valence electrons. The number of nitrogens with two attached hydrogens (primary N) is 1. The molecule has 1 saturated carbocycles. The van der Waals surface area contributed by atoms with Crippen LogP contribution >= 0.6 is 0 Å². The van der Waals surface area contributed by atoms with Gasteiger partial charge < -0.3 is 5.73 Å². The standard InChI is InChI=1S/C31H30N4O/c1-35-28(36)31(34-29(35)33)27-18-25(24-9-5-8-23(17-24)20-32)10-11-26(27)19-30(31)14-12-22(13-15-30)16-21-6-3-2-4-7-21/h2-11,17-18,22H,12-16,19H2,1H3,(H2,33,34). The topological polar surface area (TPSA) is 82.5 Å². The van der Waals surface area contributed by atoms with Gasteiger partial charge in [-0.05, 0) is 90.5 Å². The Morgan fingerprint density at radius 2 is 1.78 bits per heavy atom. The Morgan fingerprint density at radius 3 is 2.47 bits per heavy atom. The van der Waals surface area contributed by atoms with Crippen LogP contribution in [0, 0.1) is 22.7 Å². The third-order valence-corrected chi connectivity index (χ3v) is 8.79. The molecule has 1 heterocycles. The number of nitriles is 1. The Kier molecular flexibility index (Phi) is 5.22. The molecule has 0 radical (unpaired) electrons. The lowest BCUT2D eigenvalue weighted by atomic mass is 9.59. The van der Waals surface area contributed by atoms with Gasteiger partial charge in [0, 0.05) is 12.5 Å². The molecule has 2 aliphatic carbocycles. The number of aliphatic imine (C=N–C) groups is 1. The number of benzene rings is 3. The van der Waals surface area contributed by atoms with Gasteiger partial charge in [0.1, 0.15) is 0 Å². The van der Waals surface area contributed by atoms with Crippen molar-refractivity contribution in [2.75, 3.05) is 7.05 Å². The van der Waals surface area contributed by atoms with Crippen LogP contribution in [0.1, 0.15) is 47.9 Å². The molecule has 36 heavy (non-hydrogen) atoms. The van der Waals surface area contributed by atoms with E-state index in [0.29, 0.717) is 17.4 Å². The molecule has 3 aromatic carbocycles. The number of amides is 1. The molecule has 1 aliphatic heterocycles. The summed E-state index contributed by atoms with van der Waals surface area (Å²) in [4.78, 5) is 20.5. The van der Waals surface area contributed by atoms with Crippen LogP contribution in [0.4, 0.5) is 0 Å². The van der Waals surface area contributed by atoms with E-state index < -0.39 is 5.54 Å². The lowest BCUT2D eigenvalue weighted by molar-refractivity contribution is -0.136. The summed E-state index contributed by atoms with van der Waals surface area (Å²) in [5.41, 5.74) is 11.2. The molecule has 3 aromatic rings. The summed E-state index contributed by atoms with van der Waals surface area (Å²) in [5.74, 6) is 0.900. The highest BCUT2D eigenvalue weighted by Gasteiger charge is 2.66. The normalized spacial score (nSPS) is 26.8. The van der Waals surface area contributed by atoms with E-state index in [2.05, 4.69) is 54.6 Å². The fourth-order valence-electron chi connectivity index (χ4n) is 6.88. The minimum absolute atomic E-state index is 0.0109. The summed E-state index contributed by atoms with van der Waals surface area (Å²) >= 11 is 0. The SMILES string of the molecule is CN1C(=O)C2(N=C1N)c1cc(-c3cccc(C#N)c3)ccc1CC21CCC(Cc2ccccc2)CC1. The Hall–Kier alpha value is -3.91. The summed E-state index contributed by atoms with van der Waals surface area (Å²) < 4.78 is 0. The van der Waals surface area contributed by atoms with E-state index in [-0.39, 0.29) is 11.3 Å². The number of carbonyl (C=O) groups is 1. The molecule has 6 rings (SSSR count). The van der Waals surface area contributed by atoms with Gasteiger partial charge in [-0.15, -0.1) is 0 Å². The van der Waals surface area contributed by atoms with Crippen molar-refractivity contribution in [2.45, 2.75) is 44.1 Å². The maximum Gasteiger partial charge on any atom is 0.262 e. The predicted molar refractivity (Wildman–Crippen MR) is 141 cm³/mol. The number of carbonyl (C=O) groups excluding carboxylic acids is 1. The molecule has 2 N–H and O–H groups in total. The van der Waals surface area contributed by atoms with E-state index in [9.17, 15) is 10.1 Å². The quantitative estimate of drug-likeness (QED) is 0.568. The molecule has 1 amide bonds. The maximum absolute atomic E-state index is 14.0. The zero-order chi connectivity index (χ0) is 24.9. The number of nitrogens with zero attached hydrogens (tertiary/aromatic N) is 3. The molecule has 3 aliphatic rings. The van der Waals surface area contributed by atoms with Crippen molar-refractivity contribution < 1.29 is 4.79 Å². The lowest BCUT2D eigenvalue weighted by Gasteiger charge is -2.45. The highest BCUT2D eigenvalue weighted by Crippen LogP contribution is 2.62. The Bertz CT molecular complexity index is 1410. The third-order valence-electron chi connectivity index (χ3n) is 8.79. The van der Waals surface area contributed by atoms with Crippen molar-refractivity contribution in [3.63, 3.8) is 0 Å². The maximum atomic E-state index is 14.0. The van der Waals surface area contributed by atoms with Crippen molar-refractivity contribution in [2.24, 2.45) is 22.1 Å². The van der Waals surface area contributed by atoms with Crippen LogP contribution in [0.5, 0.6) is 0 Å². The molecule has 1 fully saturated rings. The van der Waals surface area contributed by atoms with Crippen LogP contribution < -0.4 is 5.73 Å². The Balaban J connectivity index is 1.39. The molecule has 0 bridgehead atoms. The molecule has 0 aromatic heterocycles. The first-order valence-electron chi connectivity index (χ1n) is 12.8. The number of hydrogen-bond acceptors (Lipinski definition) is 4. The van der Waals surface area contributed by atoms with Crippen LogP contribution in [0.15, 0.2) is 77.8 Å². The lowest BCUT2D eigenvalue weighted by Crippen LogP contribution is -2.51. The Morgan fingerprint density at radius 1 is 1.03 bits per heavy atom. The van der Waals surface area contributed by atoms with Crippen LogP contribution in [-0.4, -0.2) is 23.8 Å². The molecule has 5 heteroatoms. The van der Waals surface area contributed by atoms with Gasteiger partial charge in [-0.2, -0.15) is 5.26 Å². The number of fused-ring (bicyclic) bond motifs is 3. The molecule has 5 nitrogen and oxygen atoms in total. The summed E-state index contributed by atoms with van der Waals surface area (Å²) in [6.45, 7) is 0. The van der Waals surface area contributed by atoms with Gasteiger partial charge in [-0.1, -0.05) is 54.6 Å². The minimum atomic E-state index is -0.971. The average Bonchev–Trinajstić information content (AvgIpc) is 3.31. The predicted octanol–water partition coefficient (Wildman–Crippen LogP) is 5.18. The van der Waals surface area contributed by atoms with Crippen molar-refractivity contribution >= 4 is 11.9 Å². The minimum Gasteiger partial charge on any atom is -0.369 e. The van der Waals surface area contributed by atoms with Crippen molar-refractivity contribution in [1.82, 2.24) is 4.90 Å². The van der Waals surface area contributed by atoms with Crippen LogP contribution in [0.2, 0.25) is 0 Å². The van der Waals surface area contributed by atoms with Crippen molar-refractivity contribution in [3.05, 3.63) is 95.1 Å². The second-order valence-electron chi connectivity index (χ2n) is 10.7. The van der Waals surface area contributed by atoms with Crippen LogP contribution in [-0.2, 0) is 23.2 Å². The summed E-state index contributed by atoms with van der Waals surface area (Å²) in [7, 11) is 1.74. The molecule has 1 atom stereocenters. The third kappa shape index (κ3) is 3.28. The summed E-state index contributed by atoms with van der Waals surface area (Å²) in [6.07, 6.45) is 5.98. The van der Waals surface area contributed by atoms with E-state index >= 15 is 0 Å². The van der Waals surface area contributed by atoms with E-state index in [4.69, 9.17) is 10.7 Å². The van der Waals surface area contributed by atoms with Crippen LogP contribution in [0.3, 0.4) is 0 Å². The van der Waals surface area contributed by atoms with E-state index in [1.807, 2.05) is 24.3 Å². The smallest absolute Gasteiger partial charge is 0.262 e. The van der Waals surface area contributed by atoms with Gasteiger partial charge in [0.15, 0.2) is 11.5 Å². The number of guanidine groups is 1. The highest BCUT2D eigenvalue weighted by molar-refractivity contribution is 6.08. The zero-order valence-electron chi connectivity index (χ0n) is 20.6. The van der Waals surface area contributed by atoms with Crippen molar-refractivity contribution in [3.8, 4) is 17.2 Å². The molecule has 0 saturated heterocycles.